The molecular formula is C14H21N3O4. The third kappa shape index (κ3) is 5.31. The Bertz CT molecular complexity index is 491. The van der Waals surface area contributed by atoms with Crippen molar-refractivity contribution in [3.63, 3.8) is 0 Å². The van der Waals surface area contributed by atoms with Gasteiger partial charge in [-0.2, -0.15) is 0 Å². The molecule has 0 saturated heterocycles. The number of hydrogen-bond acceptors (Lipinski definition) is 5. The Labute approximate surface area is 123 Å². The van der Waals surface area contributed by atoms with Crippen LogP contribution in [0.4, 0.5) is 5.69 Å². The van der Waals surface area contributed by atoms with Crippen molar-refractivity contribution >= 4 is 17.5 Å². The highest BCUT2D eigenvalue weighted by atomic mass is 16.5. The molecule has 0 fully saturated rings. The van der Waals surface area contributed by atoms with Crippen LogP contribution < -0.4 is 21.1 Å². The quantitative estimate of drug-likeness (QED) is 0.468. The summed E-state index contributed by atoms with van der Waals surface area (Å²) in [5, 5.41) is 5.31. The lowest BCUT2D eigenvalue weighted by Gasteiger charge is -2.10. The van der Waals surface area contributed by atoms with Crippen molar-refractivity contribution in [2.75, 3.05) is 39.6 Å². The van der Waals surface area contributed by atoms with Crippen LogP contribution in [0.1, 0.15) is 16.8 Å². The molecule has 0 bridgehead atoms. The van der Waals surface area contributed by atoms with Gasteiger partial charge in [-0.15, -0.1) is 0 Å². The van der Waals surface area contributed by atoms with Crippen LogP contribution in [0.25, 0.3) is 0 Å². The molecule has 0 atom stereocenters. The third-order valence-electron chi connectivity index (χ3n) is 2.80. The smallest absolute Gasteiger partial charge is 0.253 e. The number of methoxy groups -OCH3 is 2. The number of anilines is 1. The van der Waals surface area contributed by atoms with Crippen molar-refractivity contribution in [3.8, 4) is 5.75 Å². The Hall–Kier alpha value is -2.28. The van der Waals surface area contributed by atoms with Crippen LogP contribution in [0.3, 0.4) is 0 Å². The number of carbonyl (C=O) groups excluding carboxylic acids is 2. The Kier molecular flexibility index (Phi) is 7.03. The number of nitrogen functional groups attached to an aromatic ring is 1. The number of para-hydroxylation sites is 1. The predicted molar refractivity (Wildman–Crippen MR) is 79.2 cm³/mol. The monoisotopic (exact) mass is 295 g/mol. The van der Waals surface area contributed by atoms with Gasteiger partial charge in [0.05, 0.1) is 25.0 Å². The van der Waals surface area contributed by atoms with E-state index in [1.54, 1.807) is 25.3 Å². The van der Waals surface area contributed by atoms with Gasteiger partial charge in [0, 0.05) is 26.6 Å². The molecule has 0 saturated carbocycles. The molecule has 0 aliphatic carbocycles. The van der Waals surface area contributed by atoms with E-state index in [0.29, 0.717) is 24.5 Å². The van der Waals surface area contributed by atoms with E-state index in [-0.39, 0.29) is 30.5 Å². The van der Waals surface area contributed by atoms with Crippen LogP contribution in [0.15, 0.2) is 18.2 Å². The van der Waals surface area contributed by atoms with E-state index < -0.39 is 0 Å². The fourth-order valence-corrected chi connectivity index (χ4v) is 1.69. The molecule has 7 heteroatoms. The summed E-state index contributed by atoms with van der Waals surface area (Å²) in [5.74, 6) is -0.0398. The Morgan fingerprint density at radius 3 is 2.62 bits per heavy atom. The molecular weight excluding hydrogens is 274 g/mol. The van der Waals surface area contributed by atoms with Gasteiger partial charge in [0.1, 0.15) is 5.75 Å². The molecule has 0 heterocycles. The highest BCUT2D eigenvalue weighted by molar-refractivity contribution is 6.00. The second-order valence-corrected chi connectivity index (χ2v) is 4.27. The second kappa shape index (κ2) is 8.80. The lowest BCUT2D eigenvalue weighted by Crippen LogP contribution is -2.32. The number of carbonyl (C=O) groups is 2. The molecule has 0 aliphatic rings. The zero-order valence-electron chi connectivity index (χ0n) is 12.3. The van der Waals surface area contributed by atoms with Crippen LogP contribution >= 0.6 is 0 Å². The summed E-state index contributed by atoms with van der Waals surface area (Å²) in [6, 6.07) is 4.96. The lowest BCUT2D eigenvalue weighted by molar-refractivity contribution is -0.121. The van der Waals surface area contributed by atoms with Gasteiger partial charge in [0.15, 0.2) is 0 Å². The van der Waals surface area contributed by atoms with Crippen LogP contribution in [-0.2, 0) is 9.53 Å². The maximum atomic E-state index is 12.0. The summed E-state index contributed by atoms with van der Waals surface area (Å²) in [4.78, 5) is 23.4. The average molecular weight is 295 g/mol. The minimum Gasteiger partial charge on any atom is -0.495 e. The van der Waals surface area contributed by atoms with Crippen molar-refractivity contribution in [2.24, 2.45) is 0 Å². The maximum absolute atomic E-state index is 12.0. The molecule has 0 spiro atoms. The Morgan fingerprint density at radius 1 is 1.19 bits per heavy atom. The van der Waals surface area contributed by atoms with Crippen molar-refractivity contribution in [2.45, 2.75) is 6.42 Å². The number of nitrogens with two attached hydrogens (primary N) is 1. The van der Waals surface area contributed by atoms with Gasteiger partial charge in [-0.05, 0) is 12.1 Å². The molecule has 0 unspecified atom stereocenters. The molecule has 0 radical (unpaired) electrons. The Balaban J connectivity index is 2.42. The first-order valence-corrected chi connectivity index (χ1v) is 6.56. The van der Waals surface area contributed by atoms with Gasteiger partial charge in [-0.3, -0.25) is 9.59 Å². The summed E-state index contributed by atoms with van der Waals surface area (Å²) < 4.78 is 9.87. The maximum Gasteiger partial charge on any atom is 0.253 e. The topological polar surface area (TPSA) is 103 Å². The first kappa shape index (κ1) is 16.8. The van der Waals surface area contributed by atoms with Crippen molar-refractivity contribution in [1.82, 2.24) is 10.6 Å². The van der Waals surface area contributed by atoms with E-state index in [2.05, 4.69) is 10.6 Å². The van der Waals surface area contributed by atoms with E-state index in [4.69, 9.17) is 15.2 Å². The summed E-state index contributed by atoms with van der Waals surface area (Å²) in [7, 11) is 3.04. The zero-order valence-corrected chi connectivity index (χ0v) is 12.3. The van der Waals surface area contributed by atoms with E-state index >= 15 is 0 Å². The highest BCUT2D eigenvalue weighted by Gasteiger charge is 2.12. The molecule has 2 amide bonds. The molecule has 7 nitrogen and oxygen atoms in total. The summed E-state index contributed by atoms with van der Waals surface area (Å²) in [6.45, 7) is 1.14. The SMILES string of the molecule is COCCNC(=O)CCNC(=O)c1cccc(OC)c1N. The molecule has 1 aromatic rings. The number of benzene rings is 1. The van der Waals surface area contributed by atoms with Crippen LogP contribution in [-0.4, -0.2) is 45.7 Å². The van der Waals surface area contributed by atoms with Crippen molar-refractivity contribution in [3.05, 3.63) is 23.8 Å². The molecule has 0 aliphatic heterocycles. The third-order valence-corrected chi connectivity index (χ3v) is 2.80. The van der Waals surface area contributed by atoms with Gasteiger partial charge in [-0.25, -0.2) is 0 Å². The van der Waals surface area contributed by atoms with E-state index in [1.807, 2.05) is 0 Å². The Morgan fingerprint density at radius 2 is 1.95 bits per heavy atom. The minimum absolute atomic E-state index is 0.147. The molecule has 1 aromatic carbocycles. The number of nitrogens with one attached hydrogen (secondary N) is 2. The summed E-state index contributed by atoms with van der Waals surface area (Å²) >= 11 is 0. The fraction of sp³-hybridized carbons (Fsp3) is 0.429. The predicted octanol–water partition coefficient (Wildman–Crippen LogP) is 0.160. The van der Waals surface area contributed by atoms with E-state index in [1.165, 1.54) is 7.11 Å². The standard InChI is InChI=1S/C14H21N3O4/c1-20-9-8-16-12(18)6-7-17-14(19)10-4-3-5-11(21-2)13(10)15/h3-5H,6-9,15H2,1-2H3,(H,16,18)(H,17,19). The minimum atomic E-state index is -0.337. The lowest BCUT2D eigenvalue weighted by atomic mass is 10.1. The van der Waals surface area contributed by atoms with E-state index in [0.717, 1.165) is 0 Å². The number of amides is 2. The second-order valence-electron chi connectivity index (χ2n) is 4.27. The molecule has 4 N–H and O–H groups in total. The molecule has 1 rings (SSSR count). The molecule has 116 valence electrons. The van der Waals surface area contributed by atoms with Gasteiger partial charge in [0.25, 0.3) is 5.91 Å². The number of ether oxygens (including phenoxy) is 2. The summed E-state index contributed by atoms with van der Waals surface area (Å²) in [6.07, 6.45) is 0.194. The summed E-state index contributed by atoms with van der Waals surface area (Å²) in [5.41, 5.74) is 6.44. The average Bonchev–Trinajstić information content (AvgIpc) is 2.47. The van der Waals surface area contributed by atoms with Crippen molar-refractivity contribution < 1.29 is 19.1 Å². The molecule has 21 heavy (non-hydrogen) atoms. The largest absolute Gasteiger partial charge is 0.495 e. The van der Waals surface area contributed by atoms with E-state index in [9.17, 15) is 9.59 Å². The van der Waals surface area contributed by atoms with Crippen LogP contribution in [0, 0.1) is 0 Å². The number of hydrogen-bond donors (Lipinski definition) is 3. The van der Waals surface area contributed by atoms with Gasteiger partial charge in [-0.1, -0.05) is 6.07 Å². The highest BCUT2D eigenvalue weighted by Crippen LogP contribution is 2.24. The van der Waals surface area contributed by atoms with Gasteiger partial charge < -0.3 is 25.8 Å². The van der Waals surface area contributed by atoms with Gasteiger partial charge >= 0.3 is 0 Å². The van der Waals surface area contributed by atoms with Gasteiger partial charge in [0.2, 0.25) is 5.91 Å². The van der Waals surface area contributed by atoms with Crippen LogP contribution in [0.2, 0.25) is 0 Å². The number of rotatable bonds is 8. The van der Waals surface area contributed by atoms with Crippen molar-refractivity contribution in [1.29, 1.82) is 0 Å². The molecule has 0 aromatic heterocycles. The van der Waals surface area contributed by atoms with Crippen LogP contribution in [0.5, 0.6) is 5.75 Å². The fourth-order valence-electron chi connectivity index (χ4n) is 1.69. The normalized spacial score (nSPS) is 10.0. The first-order chi connectivity index (χ1) is 10.1. The first-order valence-electron chi connectivity index (χ1n) is 6.56. The zero-order chi connectivity index (χ0) is 15.7.